The van der Waals surface area contributed by atoms with E-state index in [1.165, 1.54) is 42.9 Å². The fourth-order valence-corrected chi connectivity index (χ4v) is 2.83. The average molecular weight is 410 g/mol. The highest BCUT2D eigenvalue weighted by molar-refractivity contribution is 7.89. The monoisotopic (exact) mass is 410 g/mol. The van der Waals surface area contributed by atoms with E-state index in [1.54, 1.807) is 18.3 Å². The first-order valence-corrected chi connectivity index (χ1v) is 9.58. The molecular formula is C18H14N6O4S. The molecule has 0 spiro atoms. The van der Waals surface area contributed by atoms with E-state index in [0.29, 0.717) is 5.69 Å². The van der Waals surface area contributed by atoms with Gasteiger partial charge in [-0.05, 0) is 24.3 Å². The Labute approximate surface area is 166 Å². The molecule has 0 aliphatic heterocycles. The summed E-state index contributed by atoms with van der Waals surface area (Å²) < 4.78 is 28.8. The van der Waals surface area contributed by atoms with Crippen molar-refractivity contribution in [2.75, 3.05) is 10.6 Å². The van der Waals surface area contributed by atoms with E-state index >= 15 is 0 Å². The molecule has 0 atom stereocenters. The van der Waals surface area contributed by atoms with Gasteiger partial charge in [0, 0.05) is 18.5 Å². The van der Waals surface area contributed by atoms with Crippen molar-refractivity contribution in [3.63, 3.8) is 0 Å². The van der Waals surface area contributed by atoms with Crippen LogP contribution in [0.3, 0.4) is 0 Å². The summed E-state index contributed by atoms with van der Waals surface area (Å²) in [5.41, 5.74) is 0.592. The summed E-state index contributed by atoms with van der Waals surface area (Å²) in [5, 5.41) is 19.6. The molecule has 2 amide bonds. The lowest BCUT2D eigenvalue weighted by atomic mass is 10.2. The number of nitrogens with zero attached hydrogens (tertiary/aromatic N) is 3. The van der Waals surface area contributed by atoms with Crippen molar-refractivity contribution in [1.29, 1.82) is 5.26 Å². The third-order valence-electron chi connectivity index (χ3n) is 3.54. The van der Waals surface area contributed by atoms with Gasteiger partial charge in [-0.1, -0.05) is 6.07 Å². The number of nitrogens with one attached hydrogen (secondary N) is 2. The molecule has 2 aromatic heterocycles. The second kappa shape index (κ2) is 8.34. The number of urea groups is 1. The number of aromatic nitrogens is 2. The average Bonchev–Trinajstić information content (AvgIpc) is 2.69. The van der Waals surface area contributed by atoms with Crippen LogP contribution in [-0.4, -0.2) is 24.4 Å². The summed E-state index contributed by atoms with van der Waals surface area (Å²) in [6.45, 7) is 0. The maximum Gasteiger partial charge on any atom is 0.323 e. The van der Waals surface area contributed by atoms with E-state index in [0.717, 1.165) is 0 Å². The number of carbonyl (C=O) groups is 1. The Hall–Kier alpha value is -4.01. The lowest BCUT2D eigenvalue weighted by Crippen LogP contribution is -2.20. The summed E-state index contributed by atoms with van der Waals surface area (Å²) in [6.07, 6.45) is 5.57. The van der Waals surface area contributed by atoms with Crippen LogP contribution in [0.1, 0.15) is 5.56 Å². The number of pyridine rings is 2. The van der Waals surface area contributed by atoms with Gasteiger partial charge in [-0.15, -0.1) is 0 Å². The molecular weight excluding hydrogens is 396 g/mol. The first kappa shape index (κ1) is 19.7. The molecule has 0 saturated heterocycles. The van der Waals surface area contributed by atoms with Crippen LogP contribution < -0.4 is 20.5 Å². The number of anilines is 2. The summed E-state index contributed by atoms with van der Waals surface area (Å²) in [7, 11) is -3.94. The number of nitriles is 1. The minimum atomic E-state index is -3.94. The minimum absolute atomic E-state index is 0.00425. The Morgan fingerprint density at radius 3 is 2.62 bits per heavy atom. The van der Waals surface area contributed by atoms with Crippen LogP contribution >= 0.6 is 0 Å². The van der Waals surface area contributed by atoms with E-state index in [2.05, 4.69) is 20.6 Å². The number of amides is 2. The van der Waals surface area contributed by atoms with Gasteiger partial charge in [0.05, 0.1) is 23.0 Å². The number of rotatable bonds is 5. The van der Waals surface area contributed by atoms with Gasteiger partial charge in [-0.3, -0.25) is 9.97 Å². The highest BCUT2D eigenvalue weighted by Gasteiger charge is 2.16. The van der Waals surface area contributed by atoms with E-state index < -0.39 is 16.1 Å². The van der Waals surface area contributed by atoms with Crippen LogP contribution in [0.15, 0.2) is 66.1 Å². The van der Waals surface area contributed by atoms with Crippen molar-refractivity contribution < 1.29 is 17.9 Å². The molecule has 0 fully saturated rings. The molecule has 3 rings (SSSR count). The molecule has 146 valence electrons. The molecule has 11 heteroatoms. The second-order valence-corrected chi connectivity index (χ2v) is 7.18. The van der Waals surface area contributed by atoms with E-state index in [9.17, 15) is 18.5 Å². The smallest absolute Gasteiger partial charge is 0.323 e. The predicted octanol–water partition coefficient (Wildman–Crippen LogP) is 2.43. The van der Waals surface area contributed by atoms with Crippen LogP contribution in [-0.2, 0) is 10.0 Å². The minimum Gasteiger partial charge on any atom is -0.454 e. The van der Waals surface area contributed by atoms with E-state index in [1.807, 2.05) is 6.07 Å². The SMILES string of the molecule is N#Cc1cncc(NC(=O)Nc2cccnc2)c1Oc1cccc(S(N)(=O)=O)c1. The number of carbonyl (C=O) groups excluding carboxylic acids is 1. The first-order chi connectivity index (χ1) is 13.9. The van der Waals surface area contributed by atoms with Crippen LogP contribution in [0.5, 0.6) is 11.5 Å². The molecule has 3 aromatic rings. The lowest BCUT2D eigenvalue weighted by molar-refractivity contribution is 0.262. The number of benzene rings is 1. The largest absolute Gasteiger partial charge is 0.454 e. The Balaban J connectivity index is 1.89. The molecule has 10 nitrogen and oxygen atoms in total. The maximum absolute atomic E-state index is 12.3. The maximum atomic E-state index is 12.3. The third kappa shape index (κ3) is 5.04. The number of sulfonamides is 1. The zero-order valence-corrected chi connectivity index (χ0v) is 15.6. The van der Waals surface area contributed by atoms with Gasteiger partial charge in [-0.25, -0.2) is 18.4 Å². The topological polar surface area (TPSA) is 160 Å². The van der Waals surface area contributed by atoms with Gasteiger partial charge in [-0.2, -0.15) is 5.26 Å². The summed E-state index contributed by atoms with van der Waals surface area (Å²) in [4.78, 5) is 19.9. The van der Waals surface area contributed by atoms with Crippen LogP contribution in [0.25, 0.3) is 0 Å². The van der Waals surface area contributed by atoms with Crippen molar-refractivity contribution in [2.24, 2.45) is 5.14 Å². The Morgan fingerprint density at radius 1 is 1.10 bits per heavy atom. The van der Waals surface area contributed by atoms with Gasteiger partial charge in [0.2, 0.25) is 10.0 Å². The molecule has 0 unspecified atom stereocenters. The zero-order chi connectivity index (χ0) is 20.9. The highest BCUT2D eigenvalue weighted by Crippen LogP contribution is 2.33. The standard InChI is InChI=1S/C18H14N6O4S/c19-8-12-9-22-11-16(24-18(25)23-13-3-2-6-21-10-13)17(12)28-14-4-1-5-15(7-14)29(20,26)27/h1-7,9-11H,(H2,20,26,27)(H2,23,24,25). The molecule has 1 aromatic carbocycles. The van der Waals surface area contributed by atoms with E-state index in [4.69, 9.17) is 9.88 Å². The summed E-state index contributed by atoms with van der Waals surface area (Å²) >= 11 is 0. The molecule has 0 bridgehead atoms. The van der Waals surface area contributed by atoms with Crippen molar-refractivity contribution in [3.05, 3.63) is 66.7 Å². The van der Waals surface area contributed by atoms with Crippen molar-refractivity contribution in [3.8, 4) is 17.6 Å². The van der Waals surface area contributed by atoms with Crippen LogP contribution in [0.2, 0.25) is 0 Å². The lowest BCUT2D eigenvalue weighted by Gasteiger charge is -2.14. The molecule has 29 heavy (non-hydrogen) atoms. The Kier molecular flexibility index (Phi) is 5.68. The molecule has 2 heterocycles. The van der Waals surface area contributed by atoms with Crippen molar-refractivity contribution in [2.45, 2.75) is 4.90 Å². The predicted molar refractivity (Wildman–Crippen MR) is 104 cm³/mol. The molecule has 4 N–H and O–H groups in total. The van der Waals surface area contributed by atoms with Gasteiger partial charge < -0.3 is 15.4 Å². The number of ether oxygens (including phenoxy) is 1. The van der Waals surface area contributed by atoms with Gasteiger partial charge in [0.25, 0.3) is 0 Å². The first-order valence-electron chi connectivity index (χ1n) is 8.03. The number of hydrogen-bond acceptors (Lipinski definition) is 7. The van der Waals surface area contributed by atoms with Crippen LogP contribution in [0.4, 0.5) is 16.2 Å². The molecule has 0 aliphatic carbocycles. The Morgan fingerprint density at radius 2 is 1.93 bits per heavy atom. The molecule has 0 radical (unpaired) electrons. The summed E-state index contributed by atoms with van der Waals surface area (Å²) in [6, 6.07) is 10.0. The number of nitrogens with two attached hydrogens (primary N) is 1. The fourth-order valence-electron chi connectivity index (χ4n) is 2.28. The van der Waals surface area contributed by atoms with Crippen LogP contribution in [0, 0.1) is 11.3 Å². The Bertz CT molecular complexity index is 1190. The van der Waals surface area contributed by atoms with E-state index in [-0.39, 0.29) is 27.6 Å². The van der Waals surface area contributed by atoms with Gasteiger partial charge in [0.1, 0.15) is 23.1 Å². The zero-order valence-electron chi connectivity index (χ0n) is 14.7. The van der Waals surface area contributed by atoms with Gasteiger partial charge >= 0.3 is 6.03 Å². The molecule has 0 saturated carbocycles. The number of primary sulfonamides is 1. The van der Waals surface area contributed by atoms with Crippen molar-refractivity contribution >= 4 is 27.4 Å². The van der Waals surface area contributed by atoms with Gasteiger partial charge in [0.15, 0.2) is 5.75 Å². The summed E-state index contributed by atoms with van der Waals surface area (Å²) in [5.74, 6) is 0.102. The third-order valence-corrected chi connectivity index (χ3v) is 4.45. The second-order valence-electron chi connectivity index (χ2n) is 5.62. The quantitative estimate of drug-likeness (QED) is 0.582. The van der Waals surface area contributed by atoms with Crippen molar-refractivity contribution in [1.82, 2.24) is 9.97 Å². The normalized spacial score (nSPS) is 10.6. The number of hydrogen-bond donors (Lipinski definition) is 3. The highest BCUT2D eigenvalue weighted by atomic mass is 32.2. The fraction of sp³-hybridized carbons (Fsp3) is 0. The molecule has 0 aliphatic rings.